The highest BCUT2D eigenvalue weighted by Crippen LogP contribution is 2.26. The molecule has 1 fully saturated rings. The second kappa shape index (κ2) is 7.66. The van der Waals surface area contributed by atoms with Crippen molar-refractivity contribution in [1.29, 1.82) is 0 Å². The number of benzene rings is 1. The highest BCUT2D eigenvalue weighted by Gasteiger charge is 2.25. The van der Waals surface area contributed by atoms with Crippen molar-refractivity contribution in [3.8, 4) is 0 Å². The molecular weight excluding hydrogens is 326 g/mol. The van der Waals surface area contributed by atoms with Gasteiger partial charge in [-0.3, -0.25) is 14.5 Å². The fourth-order valence-electron chi connectivity index (χ4n) is 3.63. The molecule has 1 saturated heterocycles. The maximum absolute atomic E-state index is 12.2. The number of piperidine rings is 1. The third-order valence-corrected chi connectivity index (χ3v) is 5.04. The number of aromatic amines is 1. The molecule has 0 atom stereocenters. The molecule has 134 valence electrons. The summed E-state index contributed by atoms with van der Waals surface area (Å²) in [4.78, 5) is 19.1. The molecule has 2 aromatic heterocycles. The molecule has 4 rings (SSSR count). The molecule has 1 aromatic carbocycles. The van der Waals surface area contributed by atoms with Gasteiger partial charge >= 0.3 is 5.69 Å². The molecule has 1 N–H and O–H groups in total. The van der Waals surface area contributed by atoms with Crippen molar-refractivity contribution in [2.24, 2.45) is 0 Å². The lowest BCUT2D eigenvalue weighted by molar-refractivity contribution is 0.198. The maximum atomic E-state index is 12.2. The van der Waals surface area contributed by atoms with E-state index in [0.717, 1.165) is 49.6 Å². The molecule has 3 aromatic rings. The van der Waals surface area contributed by atoms with E-state index in [1.165, 1.54) is 0 Å². The first-order valence-corrected chi connectivity index (χ1v) is 9.11. The van der Waals surface area contributed by atoms with Crippen LogP contribution in [0.4, 0.5) is 0 Å². The summed E-state index contributed by atoms with van der Waals surface area (Å²) in [5.74, 6) is 1.20. The lowest BCUT2D eigenvalue weighted by atomic mass is 9.95. The smallest absolute Gasteiger partial charge is 0.297 e. The standard InChI is InChI=1S/C20H23N5O/c26-20-23-22-19(25(20)14-16-6-2-1-3-7-16)17-9-12-24(13-10-17)15-18-8-4-5-11-21-18/h1-8,11,17H,9-10,12-15H2,(H,23,26). The van der Waals surface area contributed by atoms with Crippen molar-refractivity contribution >= 4 is 0 Å². The fraction of sp³-hybridized carbons (Fsp3) is 0.350. The van der Waals surface area contributed by atoms with Crippen molar-refractivity contribution in [3.05, 3.63) is 82.3 Å². The first kappa shape index (κ1) is 16.7. The third kappa shape index (κ3) is 3.75. The minimum atomic E-state index is -0.125. The van der Waals surface area contributed by atoms with E-state index in [1.807, 2.05) is 48.7 Å². The van der Waals surface area contributed by atoms with Crippen molar-refractivity contribution < 1.29 is 0 Å². The number of H-pyrrole nitrogens is 1. The van der Waals surface area contributed by atoms with Gasteiger partial charge in [-0.15, -0.1) is 0 Å². The minimum absolute atomic E-state index is 0.125. The normalized spacial score (nSPS) is 16.0. The zero-order valence-corrected chi connectivity index (χ0v) is 14.7. The van der Waals surface area contributed by atoms with Crippen LogP contribution in [0.5, 0.6) is 0 Å². The molecule has 0 radical (unpaired) electrons. The Kier molecular flexibility index (Phi) is 4.93. The number of pyridine rings is 1. The summed E-state index contributed by atoms with van der Waals surface area (Å²) in [6.07, 6.45) is 3.85. The van der Waals surface area contributed by atoms with E-state index in [1.54, 1.807) is 4.57 Å². The van der Waals surface area contributed by atoms with Gasteiger partial charge in [0.1, 0.15) is 5.82 Å². The number of hydrogen-bond donors (Lipinski definition) is 1. The fourth-order valence-corrected chi connectivity index (χ4v) is 3.63. The number of hydrogen-bond acceptors (Lipinski definition) is 4. The summed E-state index contributed by atoms with van der Waals surface area (Å²) in [7, 11) is 0. The van der Waals surface area contributed by atoms with Gasteiger partial charge in [-0.05, 0) is 43.6 Å². The number of aromatic nitrogens is 4. The van der Waals surface area contributed by atoms with Gasteiger partial charge in [0.2, 0.25) is 0 Å². The minimum Gasteiger partial charge on any atom is -0.297 e. The molecule has 0 saturated carbocycles. The number of likely N-dealkylation sites (tertiary alicyclic amines) is 1. The van der Waals surface area contributed by atoms with Gasteiger partial charge in [-0.1, -0.05) is 36.4 Å². The van der Waals surface area contributed by atoms with Gasteiger partial charge in [0.05, 0.1) is 12.2 Å². The summed E-state index contributed by atoms with van der Waals surface area (Å²) >= 11 is 0. The van der Waals surface area contributed by atoms with E-state index in [2.05, 4.69) is 26.1 Å². The lowest BCUT2D eigenvalue weighted by Gasteiger charge is -2.31. The van der Waals surface area contributed by atoms with E-state index in [0.29, 0.717) is 12.5 Å². The summed E-state index contributed by atoms with van der Waals surface area (Å²) in [5, 5.41) is 6.98. The zero-order valence-electron chi connectivity index (χ0n) is 14.7. The van der Waals surface area contributed by atoms with Gasteiger partial charge in [0.25, 0.3) is 0 Å². The summed E-state index contributed by atoms with van der Waals surface area (Å²) in [5.41, 5.74) is 2.09. The quantitative estimate of drug-likeness (QED) is 0.768. The van der Waals surface area contributed by atoms with Crippen LogP contribution in [0.25, 0.3) is 0 Å². The van der Waals surface area contributed by atoms with Crippen molar-refractivity contribution in [1.82, 2.24) is 24.6 Å². The molecular formula is C20H23N5O. The molecule has 0 unspecified atom stereocenters. The van der Waals surface area contributed by atoms with Crippen LogP contribution < -0.4 is 5.69 Å². The van der Waals surface area contributed by atoms with Crippen molar-refractivity contribution in [3.63, 3.8) is 0 Å². The van der Waals surface area contributed by atoms with E-state index >= 15 is 0 Å². The molecule has 1 aliphatic rings. The molecule has 3 heterocycles. The van der Waals surface area contributed by atoms with Crippen LogP contribution in [0.15, 0.2) is 59.5 Å². The largest absolute Gasteiger partial charge is 0.343 e. The van der Waals surface area contributed by atoms with Crippen LogP contribution in [0, 0.1) is 0 Å². The number of nitrogens with one attached hydrogen (secondary N) is 1. The van der Waals surface area contributed by atoms with Gasteiger partial charge in [0.15, 0.2) is 0 Å². The Hall–Kier alpha value is -2.73. The predicted octanol–water partition coefficient (Wildman–Crippen LogP) is 2.39. The average Bonchev–Trinajstić information content (AvgIpc) is 3.05. The summed E-state index contributed by atoms with van der Waals surface area (Å²) < 4.78 is 1.79. The highest BCUT2D eigenvalue weighted by molar-refractivity contribution is 5.16. The van der Waals surface area contributed by atoms with Crippen LogP contribution in [0.3, 0.4) is 0 Å². The van der Waals surface area contributed by atoms with Crippen molar-refractivity contribution in [2.45, 2.75) is 31.8 Å². The predicted molar refractivity (Wildman–Crippen MR) is 99.9 cm³/mol. The van der Waals surface area contributed by atoms with Crippen LogP contribution in [0.2, 0.25) is 0 Å². The van der Waals surface area contributed by atoms with Gasteiger partial charge in [-0.25, -0.2) is 9.89 Å². The summed E-state index contributed by atoms with van der Waals surface area (Å²) in [6, 6.07) is 16.1. The average molecular weight is 349 g/mol. The van der Waals surface area contributed by atoms with Crippen LogP contribution in [-0.4, -0.2) is 37.7 Å². The Balaban J connectivity index is 1.42. The molecule has 6 heteroatoms. The molecule has 0 aliphatic carbocycles. The Morgan fingerprint density at radius 1 is 1.00 bits per heavy atom. The molecule has 0 spiro atoms. The highest BCUT2D eigenvalue weighted by atomic mass is 16.1. The van der Waals surface area contributed by atoms with Gasteiger partial charge < -0.3 is 0 Å². The molecule has 0 bridgehead atoms. The van der Waals surface area contributed by atoms with Crippen LogP contribution in [-0.2, 0) is 13.1 Å². The maximum Gasteiger partial charge on any atom is 0.343 e. The van der Waals surface area contributed by atoms with E-state index in [4.69, 9.17) is 0 Å². The monoisotopic (exact) mass is 349 g/mol. The van der Waals surface area contributed by atoms with Crippen LogP contribution in [0.1, 0.15) is 35.8 Å². The van der Waals surface area contributed by atoms with E-state index < -0.39 is 0 Å². The first-order chi connectivity index (χ1) is 12.8. The Morgan fingerprint density at radius 3 is 2.50 bits per heavy atom. The Bertz CT molecular complexity index is 879. The molecule has 1 aliphatic heterocycles. The topological polar surface area (TPSA) is 66.8 Å². The summed E-state index contributed by atoms with van der Waals surface area (Å²) in [6.45, 7) is 3.44. The second-order valence-electron chi connectivity index (χ2n) is 6.83. The van der Waals surface area contributed by atoms with E-state index in [9.17, 15) is 4.79 Å². The van der Waals surface area contributed by atoms with Crippen molar-refractivity contribution in [2.75, 3.05) is 13.1 Å². The third-order valence-electron chi connectivity index (χ3n) is 5.04. The first-order valence-electron chi connectivity index (χ1n) is 9.11. The SMILES string of the molecule is O=c1[nH]nc(C2CCN(Cc3ccccn3)CC2)n1Cc1ccccc1. The van der Waals surface area contributed by atoms with E-state index in [-0.39, 0.29) is 5.69 Å². The Morgan fingerprint density at radius 2 is 1.77 bits per heavy atom. The zero-order chi connectivity index (χ0) is 17.8. The molecule has 6 nitrogen and oxygen atoms in total. The van der Waals surface area contributed by atoms with Gasteiger partial charge in [0, 0.05) is 18.7 Å². The molecule has 26 heavy (non-hydrogen) atoms. The lowest BCUT2D eigenvalue weighted by Crippen LogP contribution is -2.34. The number of rotatable bonds is 5. The van der Waals surface area contributed by atoms with Gasteiger partial charge in [-0.2, -0.15) is 5.10 Å². The van der Waals surface area contributed by atoms with Crippen LogP contribution >= 0.6 is 0 Å². The second-order valence-corrected chi connectivity index (χ2v) is 6.83. The Labute approximate surface area is 152 Å². The number of nitrogens with zero attached hydrogens (tertiary/aromatic N) is 4. The molecule has 0 amide bonds.